The SMILES string of the molecule is C=C(NC)c1ccc(-c2noc(CCCNC)n2)cc1. The molecule has 0 amide bonds. The minimum atomic E-state index is 0.631. The van der Waals surface area contributed by atoms with Crippen molar-refractivity contribution in [3.05, 3.63) is 42.3 Å². The predicted molar refractivity (Wildman–Crippen MR) is 80.1 cm³/mol. The molecule has 0 saturated heterocycles. The number of aromatic nitrogens is 2. The Bertz CT molecular complexity index is 560. The fourth-order valence-electron chi connectivity index (χ4n) is 1.85. The zero-order valence-electron chi connectivity index (χ0n) is 11.9. The van der Waals surface area contributed by atoms with Crippen molar-refractivity contribution in [2.24, 2.45) is 0 Å². The molecule has 2 rings (SSSR count). The van der Waals surface area contributed by atoms with Gasteiger partial charge in [-0.15, -0.1) is 0 Å². The highest BCUT2D eigenvalue weighted by Crippen LogP contribution is 2.19. The van der Waals surface area contributed by atoms with E-state index in [1.54, 1.807) is 0 Å². The lowest BCUT2D eigenvalue weighted by atomic mass is 10.1. The Morgan fingerprint density at radius 1 is 1.25 bits per heavy atom. The lowest BCUT2D eigenvalue weighted by molar-refractivity contribution is 0.375. The van der Waals surface area contributed by atoms with Crippen LogP contribution in [0.2, 0.25) is 0 Å². The van der Waals surface area contributed by atoms with E-state index in [-0.39, 0.29) is 0 Å². The van der Waals surface area contributed by atoms with Gasteiger partial charge in [0.25, 0.3) is 0 Å². The molecule has 0 fully saturated rings. The zero-order chi connectivity index (χ0) is 14.4. The molecule has 0 unspecified atom stereocenters. The van der Waals surface area contributed by atoms with Crippen LogP contribution in [0.25, 0.3) is 17.1 Å². The normalized spacial score (nSPS) is 10.5. The Kier molecular flexibility index (Phi) is 4.90. The van der Waals surface area contributed by atoms with E-state index in [0.717, 1.165) is 36.2 Å². The number of nitrogens with zero attached hydrogens (tertiary/aromatic N) is 2. The molecule has 2 aromatic rings. The molecule has 0 radical (unpaired) electrons. The van der Waals surface area contributed by atoms with Crippen LogP contribution in [0.1, 0.15) is 17.9 Å². The second-order valence-corrected chi connectivity index (χ2v) is 4.52. The van der Waals surface area contributed by atoms with Crippen molar-refractivity contribution in [3.8, 4) is 11.4 Å². The molecular weight excluding hydrogens is 252 g/mol. The second kappa shape index (κ2) is 6.86. The first-order valence-corrected chi connectivity index (χ1v) is 6.69. The third-order valence-corrected chi connectivity index (χ3v) is 3.08. The van der Waals surface area contributed by atoms with Gasteiger partial charge in [-0.2, -0.15) is 4.98 Å². The Labute approximate surface area is 119 Å². The molecule has 5 nitrogen and oxygen atoms in total. The maximum absolute atomic E-state index is 5.25. The highest BCUT2D eigenvalue weighted by molar-refractivity contribution is 5.65. The van der Waals surface area contributed by atoms with Gasteiger partial charge < -0.3 is 15.2 Å². The first-order valence-electron chi connectivity index (χ1n) is 6.69. The molecule has 0 bridgehead atoms. The third kappa shape index (κ3) is 3.45. The van der Waals surface area contributed by atoms with Crippen LogP contribution in [0.15, 0.2) is 35.4 Å². The van der Waals surface area contributed by atoms with Crippen LogP contribution in [0.3, 0.4) is 0 Å². The van der Waals surface area contributed by atoms with Crippen LogP contribution in [0.4, 0.5) is 0 Å². The van der Waals surface area contributed by atoms with E-state index in [0.29, 0.717) is 11.7 Å². The van der Waals surface area contributed by atoms with E-state index in [4.69, 9.17) is 4.52 Å². The van der Waals surface area contributed by atoms with Crippen molar-refractivity contribution in [1.82, 2.24) is 20.8 Å². The lowest BCUT2D eigenvalue weighted by Crippen LogP contribution is -2.08. The average molecular weight is 272 g/mol. The van der Waals surface area contributed by atoms with Gasteiger partial charge in [-0.05, 0) is 25.6 Å². The van der Waals surface area contributed by atoms with Crippen LogP contribution in [-0.2, 0) is 6.42 Å². The maximum atomic E-state index is 5.25. The third-order valence-electron chi connectivity index (χ3n) is 3.08. The summed E-state index contributed by atoms with van der Waals surface area (Å²) < 4.78 is 5.25. The molecule has 1 aromatic heterocycles. The van der Waals surface area contributed by atoms with E-state index >= 15 is 0 Å². The molecule has 0 aliphatic carbocycles. The van der Waals surface area contributed by atoms with Gasteiger partial charge in [-0.3, -0.25) is 0 Å². The largest absolute Gasteiger partial charge is 0.388 e. The van der Waals surface area contributed by atoms with Gasteiger partial charge >= 0.3 is 0 Å². The molecule has 1 heterocycles. The monoisotopic (exact) mass is 272 g/mol. The quantitative estimate of drug-likeness (QED) is 0.756. The van der Waals surface area contributed by atoms with Crippen molar-refractivity contribution in [3.63, 3.8) is 0 Å². The minimum Gasteiger partial charge on any atom is -0.388 e. The van der Waals surface area contributed by atoms with E-state index in [1.807, 2.05) is 38.4 Å². The van der Waals surface area contributed by atoms with E-state index in [1.165, 1.54) is 0 Å². The molecule has 0 spiro atoms. The Morgan fingerprint density at radius 3 is 2.65 bits per heavy atom. The molecule has 2 N–H and O–H groups in total. The molecule has 0 saturated carbocycles. The molecule has 0 aliphatic heterocycles. The number of nitrogens with one attached hydrogen (secondary N) is 2. The lowest BCUT2D eigenvalue weighted by Gasteiger charge is -2.04. The topological polar surface area (TPSA) is 63.0 Å². The van der Waals surface area contributed by atoms with Gasteiger partial charge in [0, 0.05) is 24.7 Å². The smallest absolute Gasteiger partial charge is 0.227 e. The summed E-state index contributed by atoms with van der Waals surface area (Å²) in [7, 11) is 3.78. The van der Waals surface area contributed by atoms with Gasteiger partial charge in [0.15, 0.2) is 0 Å². The maximum Gasteiger partial charge on any atom is 0.227 e. The molecule has 0 aliphatic rings. The van der Waals surface area contributed by atoms with Gasteiger partial charge in [0.1, 0.15) is 0 Å². The summed E-state index contributed by atoms with van der Waals surface area (Å²) in [5, 5.41) is 10.1. The standard InChI is InChI=1S/C15H20N4O/c1-11(17-3)12-6-8-13(9-7-12)15-18-14(20-19-15)5-4-10-16-2/h6-9,16-17H,1,4-5,10H2,2-3H3. The van der Waals surface area contributed by atoms with Crippen molar-refractivity contribution >= 4 is 5.70 Å². The average Bonchev–Trinajstić information content (AvgIpc) is 2.96. The molecule has 5 heteroatoms. The van der Waals surface area contributed by atoms with Gasteiger partial charge in [-0.25, -0.2) is 0 Å². The van der Waals surface area contributed by atoms with Crippen molar-refractivity contribution in [2.75, 3.05) is 20.6 Å². The summed E-state index contributed by atoms with van der Waals surface area (Å²) in [6, 6.07) is 7.93. The number of hydrogen-bond donors (Lipinski definition) is 2. The molecular formula is C15H20N4O. The van der Waals surface area contributed by atoms with E-state index in [2.05, 4.69) is 27.4 Å². The number of hydrogen-bond acceptors (Lipinski definition) is 5. The Hall–Kier alpha value is -2.14. The molecule has 106 valence electrons. The molecule has 0 atom stereocenters. The van der Waals surface area contributed by atoms with Crippen LogP contribution in [-0.4, -0.2) is 30.8 Å². The van der Waals surface area contributed by atoms with Gasteiger partial charge in [0.2, 0.25) is 11.7 Å². The van der Waals surface area contributed by atoms with Crippen LogP contribution in [0, 0.1) is 0 Å². The Morgan fingerprint density at radius 2 is 2.00 bits per heavy atom. The highest BCUT2D eigenvalue weighted by atomic mass is 16.5. The zero-order valence-corrected chi connectivity index (χ0v) is 11.9. The second-order valence-electron chi connectivity index (χ2n) is 4.52. The summed E-state index contributed by atoms with van der Waals surface area (Å²) >= 11 is 0. The van der Waals surface area contributed by atoms with Crippen LogP contribution >= 0.6 is 0 Å². The summed E-state index contributed by atoms with van der Waals surface area (Å²) in [5.74, 6) is 1.31. The fourth-order valence-corrected chi connectivity index (χ4v) is 1.85. The predicted octanol–water partition coefficient (Wildman–Crippen LogP) is 2.08. The first-order chi connectivity index (χ1) is 9.74. The van der Waals surface area contributed by atoms with E-state index < -0.39 is 0 Å². The number of rotatable bonds is 7. The highest BCUT2D eigenvalue weighted by Gasteiger charge is 2.08. The first kappa shape index (κ1) is 14.3. The number of aryl methyl sites for hydroxylation is 1. The van der Waals surface area contributed by atoms with Crippen molar-refractivity contribution < 1.29 is 4.52 Å². The molecule has 20 heavy (non-hydrogen) atoms. The molecule has 1 aromatic carbocycles. The summed E-state index contributed by atoms with van der Waals surface area (Å²) in [6.07, 6.45) is 1.78. The van der Waals surface area contributed by atoms with Crippen molar-refractivity contribution in [1.29, 1.82) is 0 Å². The fraction of sp³-hybridized carbons (Fsp3) is 0.333. The summed E-state index contributed by atoms with van der Waals surface area (Å²) in [5.41, 5.74) is 2.88. The van der Waals surface area contributed by atoms with Gasteiger partial charge in [0.05, 0.1) is 0 Å². The van der Waals surface area contributed by atoms with E-state index in [9.17, 15) is 0 Å². The van der Waals surface area contributed by atoms with Crippen LogP contribution in [0.5, 0.6) is 0 Å². The minimum absolute atomic E-state index is 0.631. The Balaban J connectivity index is 2.06. The summed E-state index contributed by atoms with van der Waals surface area (Å²) in [4.78, 5) is 4.40. The van der Waals surface area contributed by atoms with Crippen LogP contribution < -0.4 is 10.6 Å². The van der Waals surface area contributed by atoms with Crippen molar-refractivity contribution in [2.45, 2.75) is 12.8 Å². The van der Waals surface area contributed by atoms with Gasteiger partial charge in [-0.1, -0.05) is 36.0 Å². The summed E-state index contributed by atoms with van der Waals surface area (Å²) in [6.45, 7) is 4.87. The number of benzene rings is 1.